The first-order valence-electron chi connectivity index (χ1n) is 14.8. The van der Waals surface area contributed by atoms with Gasteiger partial charge in [0.05, 0.1) is 0 Å². The average molecular weight is 712 g/mol. The van der Waals surface area contributed by atoms with Gasteiger partial charge < -0.3 is 0 Å². The Morgan fingerprint density at radius 2 is 0.682 bits per heavy atom. The summed E-state index contributed by atoms with van der Waals surface area (Å²) in [7, 11) is -2.34. The Labute approximate surface area is 280 Å². The van der Waals surface area contributed by atoms with Crippen LogP contribution in [0.4, 0.5) is 0 Å². The summed E-state index contributed by atoms with van der Waals surface area (Å²) in [5.74, 6) is 0. The average Bonchev–Trinajstić information content (AvgIpc) is 3.08. The van der Waals surface area contributed by atoms with Crippen molar-refractivity contribution in [2.24, 2.45) is 0 Å². The summed E-state index contributed by atoms with van der Waals surface area (Å²) in [4.78, 5) is 0. The van der Waals surface area contributed by atoms with Crippen LogP contribution in [0, 0.1) is 0 Å². The molecule has 0 aliphatic heterocycles. The molecule has 0 unspecified atom stereocenters. The first kappa shape index (κ1) is 30.7. The minimum atomic E-state index is -1.20. The van der Waals surface area contributed by atoms with Crippen molar-refractivity contribution in [3.63, 3.8) is 0 Å². The fourth-order valence-electron chi connectivity index (χ4n) is 6.09. The van der Waals surface area contributed by atoms with Crippen LogP contribution in [0.5, 0.6) is 0 Å². The molecular formula is C40H33CuGeP2+2. The second-order valence-electron chi connectivity index (χ2n) is 10.7. The summed E-state index contributed by atoms with van der Waals surface area (Å²) < 4.78 is 3.13. The molecule has 4 heteroatoms. The van der Waals surface area contributed by atoms with Gasteiger partial charge in [0.25, 0.3) is 0 Å². The van der Waals surface area contributed by atoms with Gasteiger partial charge in [-0.3, -0.25) is 0 Å². The summed E-state index contributed by atoms with van der Waals surface area (Å²) in [5, 5.41) is 11.6. The molecular weight excluding hydrogens is 679 g/mol. The van der Waals surface area contributed by atoms with Gasteiger partial charge in [0.1, 0.15) is 0 Å². The number of fused-ring (bicyclic) bond motifs is 1. The zero-order valence-corrected chi connectivity index (χ0v) is 29.6. The molecule has 0 saturated heterocycles. The standard InChI is InChI=1S/C40H31GeP2.Cu/c1-5-19-32(20-6-1)42(33-21-7-2-8-22-33)38-29-14-13-27-36(38)41-37-28-15-17-31-18-16-30-39(40(31)37)43(34-23-9-3-10-24-34)35-25-11-4-12-26-35;/h1-30,41H;/p+2. The van der Waals surface area contributed by atoms with Crippen molar-refractivity contribution in [1.29, 1.82) is 0 Å². The van der Waals surface area contributed by atoms with E-state index in [0.717, 1.165) is 0 Å². The Morgan fingerprint density at radius 1 is 0.318 bits per heavy atom. The second kappa shape index (κ2) is 14.7. The molecule has 2 radical (unpaired) electrons. The monoisotopic (exact) mass is 712 g/mol. The van der Waals surface area contributed by atoms with Crippen molar-refractivity contribution in [1.82, 2.24) is 0 Å². The van der Waals surface area contributed by atoms with Gasteiger partial charge in [0.15, 0.2) is 0 Å². The van der Waals surface area contributed by atoms with Gasteiger partial charge >= 0.3 is 265 Å². The zero-order valence-electron chi connectivity index (χ0n) is 24.2. The van der Waals surface area contributed by atoms with Gasteiger partial charge in [-0.25, -0.2) is 0 Å². The van der Waals surface area contributed by atoms with Crippen molar-refractivity contribution in [2.75, 3.05) is 0 Å². The van der Waals surface area contributed by atoms with Crippen LogP contribution in [-0.2, 0) is 17.1 Å². The van der Waals surface area contributed by atoms with Gasteiger partial charge in [0, 0.05) is 17.1 Å². The Morgan fingerprint density at radius 3 is 1.18 bits per heavy atom. The van der Waals surface area contributed by atoms with E-state index in [1.54, 1.807) is 8.79 Å². The third-order valence-corrected chi connectivity index (χ3v) is 17.6. The van der Waals surface area contributed by atoms with Crippen LogP contribution in [0.3, 0.4) is 0 Å². The molecule has 0 aromatic heterocycles. The van der Waals surface area contributed by atoms with Crippen LogP contribution in [0.25, 0.3) is 10.8 Å². The number of hydrogen-bond donors (Lipinski definition) is 0. The van der Waals surface area contributed by atoms with Crippen molar-refractivity contribution in [2.45, 2.75) is 0 Å². The van der Waals surface area contributed by atoms with E-state index >= 15 is 0 Å². The second-order valence-corrected chi connectivity index (χ2v) is 18.8. The molecule has 0 nitrogen and oxygen atoms in total. The Kier molecular flexibility index (Phi) is 10.2. The maximum atomic E-state index is 2.43. The summed E-state index contributed by atoms with van der Waals surface area (Å²) >= 11 is -1.02. The third-order valence-electron chi connectivity index (χ3n) is 8.00. The quantitative estimate of drug-likeness (QED) is 0.150. The topological polar surface area (TPSA) is 0 Å². The Hall–Kier alpha value is -3.28. The number of rotatable bonds is 8. The summed E-state index contributed by atoms with van der Waals surface area (Å²) in [6.45, 7) is 0. The van der Waals surface area contributed by atoms with E-state index in [1.165, 1.54) is 42.6 Å². The SMILES string of the molecule is [Cu].c1ccc([PH+](c2ccccc2)c2cccc[c]2[GeH][c]2cccc3cccc([PH+](c4ccccc4)c4ccccc4)c23)cc1. The van der Waals surface area contributed by atoms with Crippen LogP contribution in [0.1, 0.15) is 0 Å². The van der Waals surface area contributed by atoms with Crippen LogP contribution >= 0.6 is 15.8 Å². The van der Waals surface area contributed by atoms with Crippen LogP contribution < -0.4 is 40.6 Å². The first-order valence-corrected chi connectivity index (χ1v) is 20.2. The van der Waals surface area contributed by atoms with Gasteiger partial charge in [-0.05, 0) is 0 Å². The van der Waals surface area contributed by atoms with Gasteiger partial charge in [-0.15, -0.1) is 0 Å². The molecule has 0 aliphatic rings. The molecule has 0 saturated carbocycles. The predicted molar refractivity (Wildman–Crippen MR) is 197 cm³/mol. The fraction of sp³-hybridized carbons (Fsp3) is 0. The Bertz CT molecular complexity index is 1860. The first-order chi connectivity index (χ1) is 21.4. The maximum absolute atomic E-state index is 2.43. The Balaban J connectivity index is 0.00000343. The molecule has 0 atom stereocenters. The van der Waals surface area contributed by atoms with E-state index in [0.29, 0.717) is 0 Å². The normalized spacial score (nSPS) is 11.0. The fourth-order valence-corrected chi connectivity index (χ4v) is 16.2. The van der Waals surface area contributed by atoms with E-state index < -0.39 is 31.3 Å². The summed E-state index contributed by atoms with van der Waals surface area (Å²) in [6, 6.07) is 68.0. The van der Waals surface area contributed by atoms with Crippen molar-refractivity contribution in [3.05, 3.63) is 182 Å². The van der Waals surface area contributed by atoms with Crippen LogP contribution in [0.15, 0.2) is 182 Å². The molecule has 0 heterocycles. The van der Waals surface area contributed by atoms with E-state index in [1.807, 2.05) is 0 Å². The molecule has 7 aromatic rings. The van der Waals surface area contributed by atoms with Crippen molar-refractivity contribution < 1.29 is 17.1 Å². The molecule has 0 bridgehead atoms. The van der Waals surface area contributed by atoms with E-state index in [2.05, 4.69) is 182 Å². The van der Waals surface area contributed by atoms with Crippen LogP contribution in [0.2, 0.25) is 0 Å². The number of benzene rings is 7. The predicted octanol–water partition coefficient (Wildman–Crippen LogP) is 5.21. The molecule has 0 spiro atoms. The molecule has 0 amide bonds. The molecule has 216 valence electrons. The molecule has 0 N–H and O–H groups in total. The van der Waals surface area contributed by atoms with Crippen LogP contribution in [-0.4, -0.2) is 15.4 Å². The minimum absolute atomic E-state index is 0. The number of hydrogen-bond acceptors (Lipinski definition) is 0. The van der Waals surface area contributed by atoms with E-state index in [-0.39, 0.29) is 17.1 Å². The van der Waals surface area contributed by atoms with E-state index in [9.17, 15) is 0 Å². The zero-order chi connectivity index (χ0) is 28.8. The molecule has 44 heavy (non-hydrogen) atoms. The van der Waals surface area contributed by atoms with Gasteiger partial charge in [-0.2, -0.15) is 0 Å². The third kappa shape index (κ3) is 6.55. The molecule has 7 rings (SSSR count). The molecule has 0 aliphatic carbocycles. The summed E-state index contributed by atoms with van der Waals surface area (Å²) in [6.07, 6.45) is 0. The van der Waals surface area contributed by atoms with E-state index in [4.69, 9.17) is 0 Å². The molecule has 7 aromatic carbocycles. The summed E-state index contributed by atoms with van der Waals surface area (Å²) in [5.41, 5.74) is 0. The van der Waals surface area contributed by atoms with Gasteiger partial charge in [-0.1, -0.05) is 0 Å². The van der Waals surface area contributed by atoms with Crippen molar-refractivity contribution >= 4 is 82.7 Å². The van der Waals surface area contributed by atoms with Crippen molar-refractivity contribution in [3.8, 4) is 0 Å². The van der Waals surface area contributed by atoms with Gasteiger partial charge in [0.2, 0.25) is 0 Å². The molecule has 0 fully saturated rings.